The molecule has 0 N–H and O–H groups in total. The van der Waals surface area contributed by atoms with Crippen molar-refractivity contribution in [1.29, 1.82) is 0 Å². The van der Waals surface area contributed by atoms with Crippen LogP contribution in [0.2, 0.25) is 0 Å². The summed E-state index contributed by atoms with van der Waals surface area (Å²) in [6.45, 7) is 2.03. The van der Waals surface area contributed by atoms with Crippen LogP contribution in [0.25, 0.3) is 22.6 Å². The zero-order chi connectivity index (χ0) is 13.4. The van der Waals surface area contributed by atoms with Crippen LogP contribution in [0, 0.1) is 6.92 Å². The van der Waals surface area contributed by atoms with Crippen molar-refractivity contribution in [3.05, 3.63) is 48.0 Å². The first kappa shape index (κ1) is 11.8. The van der Waals surface area contributed by atoms with E-state index in [-0.39, 0.29) is 0 Å². The Bertz CT molecular complexity index is 711. The Hall–Kier alpha value is -2.29. The predicted octanol–water partition coefficient (Wildman–Crippen LogP) is 3.87. The summed E-state index contributed by atoms with van der Waals surface area (Å²) in [6, 6.07) is 14.2. The average Bonchev–Trinajstić information content (AvgIpc) is 2.84. The molecule has 0 atom stereocenters. The molecule has 0 unspecified atom stereocenters. The van der Waals surface area contributed by atoms with Crippen LogP contribution in [-0.4, -0.2) is 19.1 Å². The number of oxazole rings is 1. The molecule has 1 heterocycles. The van der Waals surface area contributed by atoms with E-state index in [1.54, 1.807) is 0 Å². The number of para-hydroxylation sites is 1. The van der Waals surface area contributed by atoms with Gasteiger partial charge in [0.2, 0.25) is 5.89 Å². The van der Waals surface area contributed by atoms with Crippen molar-refractivity contribution < 1.29 is 4.42 Å². The van der Waals surface area contributed by atoms with Gasteiger partial charge in [-0.2, -0.15) is 0 Å². The Kier molecular flexibility index (Phi) is 2.75. The summed E-state index contributed by atoms with van der Waals surface area (Å²) in [5, 5.41) is 0. The smallest absolute Gasteiger partial charge is 0.227 e. The van der Waals surface area contributed by atoms with Gasteiger partial charge >= 0.3 is 0 Å². The lowest BCUT2D eigenvalue weighted by Gasteiger charge is -2.11. The van der Waals surface area contributed by atoms with Gasteiger partial charge in [0.1, 0.15) is 5.52 Å². The van der Waals surface area contributed by atoms with Crippen LogP contribution in [0.5, 0.6) is 0 Å². The average molecular weight is 252 g/mol. The molecule has 3 aromatic rings. The molecule has 3 nitrogen and oxygen atoms in total. The van der Waals surface area contributed by atoms with Gasteiger partial charge in [-0.1, -0.05) is 12.1 Å². The van der Waals surface area contributed by atoms with E-state index in [4.69, 9.17) is 4.42 Å². The summed E-state index contributed by atoms with van der Waals surface area (Å²) in [6.07, 6.45) is 0. The first-order valence-corrected chi connectivity index (χ1v) is 6.29. The van der Waals surface area contributed by atoms with Crippen molar-refractivity contribution >= 4 is 16.8 Å². The van der Waals surface area contributed by atoms with E-state index in [1.165, 1.54) is 0 Å². The number of benzene rings is 2. The van der Waals surface area contributed by atoms with Gasteiger partial charge in [0.25, 0.3) is 0 Å². The van der Waals surface area contributed by atoms with Gasteiger partial charge in [-0.25, -0.2) is 4.98 Å². The maximum absolute atomic E-state index is 5.86. The third-order valence-electron chi connectivity index (χ3n) is 3.24. The molecule has 0 aliphatic rings. The molecule has 3 rings (SSSR count). The van der Waals surface area contributed by atoms with Gasteiger partial charge in [0.05, 0.1) is 0 Å². The molecule has 0 bridgehead atoms. The molecule has 0 amide bonds. The zero-order valence-corrected chi connectivity index (χ0v) is 11.3. The molecule has 3 heteroatoms. The van der Waals surface area contributed by atoms with Crippen LogP contribution >= 0.6 is 0 Å². The van der Waals surface area contributed by atoms with E-state index in [2.05, 4.69) is 22.0 Å². The van der Waals surface area contributed by atoms with Crippen molar-refractivity contribution in [3.63, 3.8) is 0 Å². The third kappa shape index (κ3) is 2.08. The predicted molar refractivity (Wildman–Crippen MR) is 78.5 cm³/mol. The van der Waals surface area contributed by atoms with Crippen LogP contribution < -0.4 is 4.90 Å². The molecule has 96 valence electrons. The van der Waals surface area contributed by atoms with Gasteiger partial charge < -0.3 is 9.32 Å². The summed E-state index contributed by atoms with van der Waals surface area (Å²) < 4.78 is 5.86. The molecule has 0 radical (unpaired) electrons. The summed E-state index contributed by atoms with van der Waals surface area (Å²) in [5.74, 6) is 0.676. The van der Waals surface area contributed by atoms with Crippen molar-refractivity contribution in [2.24, 2.45) is 0 Å². The molecule has 1 aromatic heterocycles. The summed E-state index contributed by atoms with van der Waals surface area (Å²) in [7, 11) is 4.05. The van der Waals surface area contributed by atoms with E-state index in [0.717, 1.165) is 27.9 Å². The fourth-order valence-electron chi connectivity index (χ4n) is 2.11. The van der Waals surface area contributed by atoms with E-state index in [1.807, 2.05) is 51.4 Å². The number of aromatic nitrogens is 1. The Morgan fingerprint density at radius 1 is 1.00 bits per heavy atom. The molecular formula is C16H16N2O. The molecule has 0 fully saturated rings. The van der Waals surface area contributed by atoms with E-state index < -0.39 is 0 Å². The minimum atomic E-state index is 0.676. The topological polar surface area (TPSA) is 29.3 Å². The highest BCUT2D eigenvalue weighted by atomic mass is 16.3. The summed E-state index contributed by atoms with van der Waals surface area (Å²) >= 11 is 0. The molecule has 0 aliphatic heterocycles. The highest BCUT2D eigenvalue weighted by molar-refractivity contribution is 5.79. The fourth-order valence-corrected chi connectivity index (χ4v) is 2.11. The van der Waals surface area contributed by atoms with Crippen molar-refractivity contribution in [3.8, 4) is 11.5 Å². The van der Waals surface area contributed by atoms with E-state index in [9.17, 15) is 0 Å². The van der Waals surface area contributed by atoms with Crippen LogP contribution in [0.4, 0.5) is 5.69 Å². The summed E-state index contributed by atoms with van der Waals surface area (Å²) in [5.41, 5.74) is 5.05. The standard InChI is InChI=1S/C16H16N2O/c1-11-5-4-6-14-15(11)19-16(17-14)12-7-9-13(10-8-12)18(2)3/h4-10H,1-3H3. The molecule has 0 aliphatic carbocycles. The van der Waals surface area contributed by atoms with E-state index >= 15 is 0 Å². The number of rotatable bonds is 2. The summed E-state index contributed by atoms with van der Waals surface area (Å²) in [4.78, 5) is 6.61. The van der Waals surface area contributed by atoms with Gasteiger partial charge in [0, 0.05) is 25.3 Å². The fraction of sp³-hybridized carbons (Fsp3) is 0.188. The highest BCUT2D eigenvalue weighted by Crippen LogP contribution is 2.27. The van der Waals surface area contributed by atoms with Crippen molar-refractivity contribution in [2.75, 3.05) is 19.0 Å². The Morgan fingerprint density at radius 2 is 1.74 bits per heavy atom. The molecule has 0 saturated heterocycles. The van der Waals surface area contributed by atoms with E-state index in [0.29, 0.717) is 5.89 Å². The van der Waals surface area contributed by atoms with Gasteiger partial charge in [0.15, 0.2) is 5.58 Å². The molecule has 0 spiro atoms. The van der Waals surface area contributed by atoms with Crippen LogP contribution in [0.3, 0.4) is 0 Å². The first-order chi connectivity index (χ1) is 9.15. The lowest BCUT2D eigenvalue weighted by atomic mass is 10.2. The number of anilines is 1. The second kappa shape index (κ2) is 4.43. The van der Waals surface area contributed by atoms with Crippen molar-refractivity contribution in [1.82, 2.24) is 4.98 Å². The molecule has 0 saturated carbocycles. The lowest BCUT2D eigenvalue weighted by Crippen LogP contribution is -2.07. The first-order valence-electron chi connectivity index (χ1n) is 6.29. The normalized spacial score (nSPS) is 10.9. The maximum atomic E-state index is 5.86. The monoisotopic (exact) mass is 252 g/mol. The minimum absolute atomic E-state index is 0.676. The second-order valence-corrected chi connectivity index (χ2v) is 4.88. The number of hydrogen-bond acceptors (Lipinski definition) is 3. The maximum Gasteiger partial charge on any atom is 0.227 e. The quantitative estimate of drug-likeness (QED) is 0.693. The van der Waals surface area contributed by atoms with Crippen molar-refractivity contribution in [2.45, 2.75) is 6.92 Å². The lowest BCUT2D eigenvalue weighted by molar-refractivity contribution is 0.617. The molecule has 2 aromatic carbocycles. The number of aryl methyl sites for hydroxylation is 1. The molecular weight excluding hydrogens is 236 g/mol. The third-order valence-corrected chi connectivity index (χ3v) is 3.24. The second-order valence-electron chi connectivity index (χ2n) is 4.88. The van der Waals surface area contributed by atoms with Crippen LogP contribution in [0.1, 0.15) is 5.56 Å². The highest BCUT2D eigenvalue weighted by Gasteiger charge is 2.09. The number of nitrogens with zero attached hydrogens (tertiary/aromatic N) is 2. The number of fused-ring (bicyclic) bond motifs is 1. The Balaban J connectivity index is 2.06. The van der Waals surface area contributed by atoms with Crippen LogP contribution in [-0.2, 0) is 0 Å². The largest absolute Gasteiger partial charge is 0.436 e. The minimum Gasteiger partial charge on any atom is -0.436 e. The SMILES string of the molecule is Cc1cccc2nc(-c3ccc(N(C)C)cc3)oc12. The molecule has 19 heavy (non-hydrogen) atoms. The zero-order valence-electron chi connectivity index (χ0n) is 11.3. The Morgan fingerprint density at radius 3 is 2.37 bits per heavy atom. The van der Waals surface area contributed by atoms with Gasteiger partial charge in [-0.3, -0.25) is 0 Å². The number of hydrogen-bond donors (Lipinski definition) is 0. The van der Waals surface area contributed by atoms with Gasteiger partial charge in [-0.15, -0.1) is 0 Å². The Labute approximate surface area is 112 Å². The van der Waals surface area contributed by atoms with Crippen LogP contribution in [0.15, 0.2) is 46.9 Å². The van der Waals surface area contributed by atoms with Gasteiger partial charge in [-0.05, 0) is 42.8 Å².